The average Bonchev–Trinajstić information content (AvgIpc) is 3.13. The van der Waals surface area contributed by atoms with E-state index in [2.05, 4.69) is 58.0 Å². The first-order chi connectivity index (χ1) is 13.2. The first-order valence-corrected chi connectivity index (χ1v) is 9.26. The van der Waals surface area contributed by atoms with E-state index >= 15 is 0 Å². The van der Waals surface area contributed by atoms with Gasteiger partial charge in [0.05, 0.1) is 11.6 Å². The van der Waals surface area contributed by atoms with Crippen LogP contribution in [0.15, 0.2) is 53.7 Å². The van der Waals surface area contributed by atoms with Crippen LogP contribution in [0.4, 0.5) is 0 Å². The maximum absolute atomic E-state index is 8.99. The third-order valence-electron chi connectivity index (χ3n) is 4.69. The Morgan fingerprint density at radius 3 is 2.78 bits per heavy atom. The molecule has 3 rings (SSSR count). The predicted molar refractivity (Wildman–Crippen MR) is 111 cm³/mol. The van der Waals surface area contributed by atoms with Crippen molar-refractivity contribution in [1.29, 1.82) is 5.26 Å². The molecular formula is C22H25N5. The quantitative estimate of drug-likeness (QED) is 0.466. The minimum absolute atomic E-state index is 0.627. The molecule has 1 heterocycles. The van der Waals surface area contributed by atoms with Crippen molar-refractivity contribution in [1.82, 2.24) is 15.6 Å². The van der Waals surface area contributed by atoms with Crippen LogP contribution in [-0.2, 0) is 19.4 Å². The molecule has 0 fully saturated rings. The lowest BCUT2D eigenvalue weighted by atomic mass is 10.1. The fraction of sp³-hybridized carbons (Fsp3) is 0.273. The van der Waals surface area contributed by atoms with Crippen molar-refractivity contribution in [3.63, 3.8) is 0 Å². The number of aryl methyl sites for hydroxylation is 1. The van der Waals surface area contributed by atoms with Crippen molar-refractivity contribution >= 4 is 16.9 Å². The lowest BCUT2D eigenvalue weighted by Gasteiger charge is -2.12. The molecule has 3 aromatic rings. The molecule has 0 bridgehead atoms. The van der Waals surface area contributed by atoms with Gasteiger partial charge in [0, 0.05) is 37.2 Å². The molecule has 0 unspecified atom stereocenters. The minimum atomic E-state index is 0.627. The number of H-pyrrole nitrogens is 1. The average molecular weight is 359 g/mol. The van der Waals surface area contributed by atoms with Gasteiger partial charge in [-0.2, -0.15) is 5.26 Å². The molecule has 5 nitrogen and oxygen atoms in total. The maximum Gasteiger partial charge on any atom is 0.191 e. The van der Waals surface area contributed by atoms with Gasteiger partial charge in [-0.05, 0) is 41.7 Å². The largest absolute Gasteiger partial charge is 0.361 e. The molecule has 0 aliphatic heterocycles. The summed E-state index contributed by atoms with van der Waals surface area (Å²) in [5.74, 6) is 0.756. The van der Waals surface area contributed by atoms with Gasteiger partial charge in [-0.25, -0.2) is 0 Å². The van der Waals surface area contributed by atoms with Gasteiger partial charge in [-0.15, -0.1) is 0 Å². The molecule has 27 heavy (non-hydrogen) atoms. The Labute approximate surface area is 160 Å². The van der Waals surface area contributed by atoms with Crippen LogP contribution in [0, 0.1) is 11.3 Å². The summed E-state index contributed by atoms with van der Waals surface area (Å²) >= 11 is 0. The second kappa shape index (κ2) is 8.91. The number of hydrogen-bond acceptors (Lipinski definition) is 2. The molecule has 0 aliphatic carbocycles. The zero-order valence-electron chi connectivity index (χ0n) is 15.8. The molecule has 5 heteroatoms. The highest BCUT2D eigenvalue weighted by molar-refractivity contribution is 5.86. The number of aromatic nitrogens is 1. The van der Waals surface area contributed by atoms with Gasteiger partial charge >= 0.3 is 0 Å². The van der Waals surface area contributed by atoms with E-state index in [0.29, 0.717) is 12.1 Å². The van der Waals surface area contributed by atoms with Crippen molar-refractivity contribution < 1.29 is 0 Å². The van der Waals surface area contributed by atoms with Crippen LogP contribution in [0.5, 0.6) is 0 Å². The summed E-state index contributed by atoms with van der Waals surface area (Å²) < 4.78 is 0. The van der Waals surface area contributed by atoms with E-state index < -0.39 is 0 Å². The molecule has 0 saturated carbocycles. The Balaban J connectivity index is 1.55. The summed E-state index contributed by atoms with van der Waals surface area (Å²) in [6, 6.07) is 16.2. The number of nitrogens with one attached hydrogen (secondary N) is 3. The summed E-state index contributed by atoms with van der Waals surface area (Å²) in [5.41, 5.74) is 5.63. The molecule has 3 N–H and O–H groups in total. The summed E-state index contributed by atoms with van der Waals surface area (Å²) in [5, 5.41) is 16.9. The van der Waals surface area contributed by atoms with Crippen molar-refractivity contribution in [3.8, 4) is 6.07 Å². The molecular weight excluding hydrogens is 334 g/mol. The Kier molecular flexibility index (Phi) is 6.11. The highest BCUT2D eigenvalue weighted by atomic mass is 15.2. The van der Waals surface area contributed by atoms with Crippen molar-refractivity contribution in [2.24, 2.45) is 4.99 Å². The third kappa shape index (κ3) is 4.48. The molecule has 2 aromatic carbocycles. The molecule has 0 amide bonds. The monoisotopic (exact) mass is 359 g/mol. The zero-order chi connectivity index (χ0) is 19.1. The fourth-order valence-electron chi connectivity index (χ4n) is 3.25. The molecule has 0 radical (unpaired) electrons. The summed E-state index contributed by atoms with van der Waals surface area (Å²) in [4.78, 5) is 7.69. The zero-order valence-corrected chi connectivity index (χ0v) is 15.8. The number of para-hydroxylation sites is 1. The van der Waals surface area contributed by atoms with Crippen molar-refractivity contribution in [2.75, 3.05) is 13.6 Å². The second-order valence-corrected chi connectivity index (χ2v) is 6.42. The van der Waals surface area contributed by atoms with Crippen LogP contribution in [0.1, 0.15) is 29.2 Å². The lowest BCUT2D eigenvalue weighted by molar-refractivity contribution is 0.796. The van der Waals surface area contributed by atoms with Crippen molar-refractivity contribution in [2.45, 2.75) is 26.3 Å². The third-order valence-corrected chi connectivity index (χ3v) is 4.69. The second-order valence-electron chi connectivity index (χ2n) is 6.42. The van der Waals surface area contributed by atoms with Gasteiger partial charge in [0.15, 0.2) is 5.96 Å². The van der Waals surface area contributed by atoms with Gasteiger partial charge < -0.3 is 15.6 Å². The molecule has 138 valence electrons. The Bertz CT molecular complexity index is 978. The smallest absolute Gasteiger partial charge is 0.191 e. The van der Waals surface area contributed by atoms with Crippen LogP contribution in [-0.4, -0.2) is 24.5 Å². The standard InChI is InChI=1S/C22H25N5/c1-3-18-8-5-9-20-19(15-26-21(18)20)10-11-25-22(24-2)27-14-17-7-4-6-16(12-17)13-23/h4-9,12,15,26H,3,10-11,14H2,1-2H3,(H2,24,25,27). The number of guanidine groups is 1. The van der Waals surface area contributed by atoms with Crippen LogP contribution in [0.3, 0.4) is 0 Å². The van der Waals surface area contributed by atoms with Gasteiger partial charge in [0.2, 0.25) is 0 Å². The van der Waals surface area contributed by atoms with E-state index in [9.17, 15) is 0 Å². The van der Waals surface area contributed by atoms with E-state index in [0.717, 1.165) is 30.9 Å². The highest BCUT2D eigenvalue weighted by Gasteiger charge is 2.07. The number of benzene rings is 2. The number of aromatic amines is 1. The summed E-state index contributed by atoms with van der Waals surface area (Å²) in [7, 11) is 1.76. The Hall–Kier alpha value is -3.26. The molecule has 0 spiro atoms. The number of nitriles is 1. The van der Waals surface area contributed by atoms with E-state index in [1.54, 1.807) is 7.05 Å². The van der Waals surface area contributed by atoms with E-state index in [4.69, 9.17) is 5.26 Å². The Morgan fingerprint density at radius 2 is 2.00 bits per heavy atom. The SMILES string of the molecule is CCc1cccc2c(CCNC(=NC)NCc3cccc(C#N)c3)c[nH]c12. The van der Waals surface area contributed by atoms with Crippen molar-refractivity contribution in [3.05, 3.63) is 70.9 Å². The van der Waals surface area contributed by atoms with E-state index in [1.807, 2.05) is 24.3 Å². The minimum Gasteiger partial charge on any atom is -0.361 e. The van der Waals surface area contributed by atoms with Crippen LogP contribution < -0.4 is 10.6 Å². The van der Waals surface area contributed by atoms with Crippen LogP contribution in [0.2, 0.25) is 0 Å². The van der Waals surface area contributed by atoms with Gasteiger partial charge in [0.25, 0.3) is 0 Å². The summed E-state index contributed by atoms with van der Waals surface area (Å²) in [6.45, 7) is 3.60. The molecule has 0 aliphatic rings. The lowest BCUT2D eigenvalue weighted by Crippen LogP contribution is -2.37. The first kappa shape index (κ1) is 18.5. The number of hydrogen-bond donors (Lipinski definition) is 3. The predicted octanol–water partition coefficient (Wildman–Crippen LogP) is 3.51. The summed E-state index contributed by atoms with van der Waals surface area (Å²) in [6.07, 6.45) is 4.05. The number of fused-ring (bicyclic) bond motifs is 1. The van der Waals surface area contributed by atoms with Crippen LogP contribution in [0.25, 0.3) is 10.9 Å². The highest BCUT2D eigenvalue weighted by Crippen LogP contribution is 2.22. The molecule has 1 aromatic heterocycles. The first-order valence-electron chi connectivity index (χ1n) is 9.26. The Morgan fingerprint density at radius 1 is 1.15 bits per heavy atom. The maximum atomic E-state index is 8.99. The molecule has 0 saturated heterocycles. The molecule has 0 atom stereocenters. The van der Waals surface area contributed by atoms with Crippen LogP contribution >= 0.6 is 0 Å². The number of aliphatic imine (C=N–C) groups is 1. The fourth-order valence-corrected chi connectivity index (χ4v) is 3.25. The van der Waals surface area contributed by atoms with Gasteiger partial charge in [-0.1, -0.05) is 37.3 Å². The number of nitrogens with zero attached hydrogens (tertiary/aromatic N) is 2. The number of rotatable bonds is 6. The van der Waals surface area contributed by atoms with E-state index in [1.165, 1.54) is 22.0 Å². The van der Waals surface area contributed by atoms with Gasteiger partial charge in [-0.3, -0.25) is 4.99 Å². The van der Waals surface area contributed by atoms with Gasteiger partial charge in [0.1, 0.15) is 0 Å². The normalized spacial score (nSPS) is 11.4. The van der Waals surface area contributed by atoms with E-state index in [-0.39, 0.29) is 0 Å². The topological polar surface area (TPSA) is 76.0 Å².